The van der Waals surface area contributed by atoms with Gasteiger partial charge in [0.2, 0.25) is 0 Å². The van der Waals surface area contributed by atoms with Crippen molar-refractivity contribution in [1.82, 2.24) is 4.90 Å². The van der Waals surface area contributed by atoms with Crippen molar-refractivity contribution in [3.8, 4) is 0 Å². The van der Waals surface area contributed by atoms with Crippen LogP contribution in [0.15, 0.2) is 29.2 Å². The molecule has 1 aromatic carbocycles. The first kappa shape index (κ1) is 23.2. The zero-order chi connectivity index (χ0) is 21.1. The van der Waals surface area contributed by atoms with Gasteiger partial charge < -0.3 is 14.2 Å². The maximum atomic E-state index is 12.3. The first-order valence-electron chi connectivity index (χ1n) is 10.0. The van der Waals surface area contributed by atoms with Crippen LogP contribution in [-0.4, -0.2) is 73.8 Å². The summed E-state index contributed by atoms with van der Waals surface area (Å²) in [4.78, 5) is 38.6. The van der Waals surface area contributed by atoms with E-state index in [2.05, 4.69) is 0 Å². The molecule has 0 spiro atoms. The fourth-order valence-electron chi connectivity index (χ4n) is 3.02. The summed E-state index contributed by atoms with van der Waals surface area (Å²) < 4.78 is 15.2. The normalized spacial score (nSPS) is 14.0. The highest BCUT2D eigenvalue weighted by Crippen LogP contribution is 2.23. The molecular formula is C21H30NO6S+. The van der Waals surface area contributed by atoms with Gasteiger partial charge in [-0.25, -0.2) is 4.79 Å². The molecule has 8 heteroatoms. The fourth-order valence-corrected chi connectivity index (χ4v) is 5.32. The minimum atomic E-state index is -0.438. The molecule has 0 bridgehead atoms. The lowest BCUT2D eigenvalue weighted by Gasteiger charge is -2.20. The van der Waals surface area contributed by atoms with Crippen molar-refractivity contribution in [3.05, 3.63) is 29.8 Å². The number of benzene rings is 1. The van der Waals surface area contributed by atoms with Gasteiger partial charge >= 0.3 is 17.9 Å². The van der Waals surface area contributed by atoms with Crippen LogP contribution in [0, 0.1) is 0 Å². The summed E-state index contributed by atoms with van der Waals surface area (Å²) >= 11 is 0. The van der Waals surface area contributed by atoms with E-state index in [1.165, 1.54) is 29.2 Å². The van der Waals surface area contributed by atoms with Crippen LogP contribution >= 0.6 is 0 Å². The molecule has 0 radical (unpaired) electrons. The molecule has 29 heavy (non-hydrogen) atoms. The van der Waals surface area contributed by atoms with Gasteiger partial charge in [-0.1, -0.05) is 0 Å². The zero-order valence-electron chi connectivity index (χ0n) is 17.2. The van der Waals surface area contributed by atoms with E-state index in [0.717, 1.165) is 0 Å². The molecule has 0 amide bonds. The molecule has 2 rings (SSSR count). The average molecular weight is 425 g/mol. The molecule has 1 aliphatic rings. The largest absolute Gasteiger partial charge is 0.465 e. The SMILES string of the molecule is CCOC(=O)CN(CCOC(=O)c1ccc([S+]2CCCC2)cc1)CC(=O)OCC. The van der Waals surface area contributed by atoms with Crippen LogP contribution in [0.3, 0.4) is 0 Å². The monoisotopic (exact) mass is 424 g/mol. The molecule has 7 nitrogen and oxygen atoms in total. The van der Waals surface area contributed by atoms with Gasteiger partial charge in [-0.15, -0.1) is 0 Å². The highest BCUT2D eigenvalue weighted by molar-refractivity contribution is 7.97. The molecule has 0 saturated carbocycles. The lowest BCUT2D eigenvalue weighted by molar-refractivity contribution is -0.148. The van der Waals surface area contributed by atoms with Crippen molar-refractivity contribution in [2.24, 2.45) is 0 Å². The van der Waals surface area contributed by atoms with Crippen molar-refractivity contribution in [3.63, 3.8) is 0 Å². The summed E-state index contributed by atoms with van der Waals surface area (Å²) in [6, 6.07) is 7.63. The van der Waals surface area contributed by atoms with E-state index in [9.17, 15) is 14.4 Å². The van der Waals surface area contributed by atoms with Gasteiger partial charge in [0.05, 0.1) is 31.9 Å². The Morgan fingerprint density at radius 1 is 0.897 bits per heavy atom. The quantitative estimate of drug-likeness (QED) is 0.305. The molecule has 1 saturated heterocycles. The first-order valence-corrected chi connectivity index (χ1v) is 11.6. The predicted molar refractivity (Wildman–Crippen MR) is 111 cm³/mol. The summed E-state index contributed by atoms with van der Waals surface area (Å²) in [6.45, 7) is 4.11. The Morgan fingerprint density at radius 2 is 1.45 bits per heavy atom. The molecule has 1 heterocycles. The first-order chi connectivity index (χ1) is 14.0. The van der Waals surface area contributed by atoms with Gasteiger partial charge in [0.1, 0.15) is 18.1 Å². The second-order valence-corrected chi connectivity index (χ2v) is 8.86. The minimum absolute atomic E-state index is 0.0593. The Morgan fingerprint density at radius 3 is 1.97 bits per heavy atom. The van der Waals surface area contributed by atoms with E-state index in [1.807, 2.05) is 12.1 Å². The standard InChI is InChI=1S/C21H30NO6S/c1-3-26-19(23)15-22(16-20(24)27-4-2)11-12-28-21(25)17-7-9-18(10-8-17)29-13-5-6-14-29/h7-10H,3-6,11-16H2,1-2H3/q+1. The Labute approximate surface area is 175 Å². The molecular weight excluding hydrogens is 394 g/mol. The summed E-state index contributed by atoms with van der Waals surface area (Å²) in [5.41, 5.74) is 0.499. The molecule has 0 aromatic heterocycles. The number of esters is 3. The lowest BCUT2D eigenvalue weighted by atomic mass is 10.2. The van der Waals surface area contributed by atoms with Crippen LogP contribution in [0.2, 0.25) is 0 Å². The van der Waals surface area contributed by atoms with Gasteiger partial charge in [0.15, 0.2) is 4.90 Å². The van der Waals surface area contributed by atoms with Crippen LogP contribution in [0.4, 0.5) is 0 Å². The van der Waals surface area contributed by atoms with Crippen molar-refractivity contribution < 1.29 is 28.6 Å². The Hall–Kier alpha value is -2.06. The zero-order valence-corrected chi connectivity index (χ0v) is 18.0. The van der Waals surface area contributed by atoms with E-state index in [-0.39, 0.29) is 39.5 Å². The van der Waals surface area contributed by atoms with Crippen LogP contribution < -0.4 is 0 Å². The Kier molecular flexibility index (Phi) is 10.0. The van der Waals surface area contributed by atoms with Gasteiger partial charge in [-0.3, -0.25) is 14.5 Å². The molecule has 1 aliphatic heterocycles. The summed E-state index contributed by atoms with van der Waals surface area (Å²) in [6.07, 6.45) is 2.56. The molecule has 0 unspecified atom stereocenters. The topological polar surface area (TPSA) is 82.1 Å². The number of ether oxygens (including phenoxy) is 3. The van der Waals surface area contributed by atoms with Crippen LogP contribution in [0.5, 0.6) is 0 Å². The fraction of sp³-hybridized carbons (Fsp3) is 0.571. The third kappa shape index (κ3) is 8.06. The van der Waals surface area contributed by atoms with E-state index in [4.69, 9.17) is 14.2 Å². The highest BCUT2D eigenvalue weighted by Gasteiger charge is 2.26. The second-order valence-electron chi connectivity index (χ2n) is 6.59. The van der Waals surface area contributed by atoms with E-state index in [0.29, 0.717) is 16.5 Å². The van der Waals surface area contributed by atoms with Crippen LogP contribution in [0.1, 0.15) is 37.0 Å². The van der Waals surface area contributed by atoms with E-state index >= 15 is 0 Å². The molecule has 0 aliphatic carbocycles. The van der Waals surface area contributed by atoms with Gasteiger partial charge in [0, 0.05) is 17.4 Å². The maximum absolute atomic E-state index is 12.3. The molecule has 0 N–H and O–H groups in total. The minimum Gasteiger partial charge on any atom is -0.465 e. The third-order valence-electron chi connectivity index (χ3n) is 4.41. The van der Waals surface area contributed by atoms with Crippen molar-refractivity contribution >= 4 is 28.8 Å². The van der Waals surface area contributed by atoms with Crippen molar-refractivity contribution in [2.75, 3.05) is 51.0 Å². The van der Waals surface area contributed by atoms with Crippen LogP contribution in [0.25, 0.3) is 0 Å². The van der Waals surface area contributed by atoms with E-state index in [1.54, 1.807) is 30.9 Å². The lowest BCUT2D eigenvalue weighted by Crippen LogP contribution is -2.38. The van der Waals surface area contributed by atoms with E-state index < -0.39 is 17.9 Å². The Bertz CT molecular complexity index is 652. The van der Waals surface area contributed by atoms with Crippen LogP contribution in [-0.2, 0) is 34.7 Å². The number of carbonyl (C=O) groups is 3. The molecule has 1 fully saturated rings. The number of hydrogen-bond donors (Lipinski definition) is 0. The van der Waals surface area contributed by atoms with Crippen molar-refractivity contribution in [1.29, 1.82) is 0 Å². The smallest absolute Gasteiger partial charge is 0.338 e. The molecule has 1 aromatic rings. The molecule has 0 atom stereocenters. The third-order valence-corrected chi connectivity index (χ3v) is 6.91. The maximum Gasteiger partial charge on any atom is 0.338 e. The van der Waals surface area contributed by atoms with Gasteiger partial charge in [-0.2, -0.15) is 0 Å². The summed E-state index contributed by atoms with van der Waals surface area (Å²) in [5.74, 6) is 1.18. The molecule has 160 valence electrons. The predicted octanol–water partition coefficient (Wildman–Crippen LogP) is 2.04. The summed E-state index contributed by atoms with van der Waals surface area (Å²) in [5, 5.41) is 0. The second kappa shape index (κ2) is 12.5. The number of nitrogens with zero attached hydrogens (tertiary/aromatic N) is 1. The van der Waals surface area contributed by atoms with Crippen molar-refractivity contribution in [2.45, 2.75) is 31.6 Å². The van der Waals surface area contributed by atoms with Gasteiger partial charge in [-0.05, 0) is 51.0 Å². The Balaban J connectivity index is 1.83. The summed E-state index contributed by atoms with van der Waals surface area (Å²) in [7, 11) is 0.315. The number of hydrogen-bond acceptors (Lipinski definition) is 7. The number of rotatable bonds is 11. The average Bonchev–Trinajstić information content (AvgIpc) is 3.23. The number of carbonyl (C=O) groups excluding carboxylic acids is 3. The van der Waals surface area contributed by atoms with Gasteiger partial charge in [0.25, 0.3) is 0 Å². The highest BCUT2D eigenvalue weighted by atomic mass is 32.2.